The van der Waals surface area contributed by atoms with Crippen LogP contribution in [0.25, 0.3) is 0 Å². The van der Waals surface area contributed by atoms with E-state index < -0.39 is 8.80 Å². The second-order valence-corrected chi connectivity index (χ2v) is 7.37. The molecule has 0 aliphatic heterocycles. The van der Waals surface area contributed by atoms with Crippen molar-refractivity contribution in [3.8, 4) is 5.75 Å². The summed E-state index contributed by atoms with van der Waals surface area (Å²) >= 11 is 0. The predicted octanol–water partition coefficient (Wildman–Crippen LogP) is 2.69. The number of nitrogens with two attached hydrogens (primary N) is 1. The van der Waals surface area contributed by atoms with Crippen molar-refractivity contribution in [2.75, 3.05) is 12.3 Å². The van der Waals surface area contributed by atoms with Crippen molar-refractivity contribution >= 4 is 14.5 Å². The fraction of sp³-hybridized carbons (Fsp3) is 0.333. The molecule has 0 aromatic heterocycles. The monoisotopic (exact) mass is 221 g/mol. The maximum absolute atomic E-state index is 5.68. The van der Waals surface area contributed by atoms with E-state index in [1.165, 1.54) is 0 Å². The summed E-state index contributed by atoms with van der Waals surface area (Å²) in [5, 5.41) is 0. The second kappa shape index (κ2) is 5.61. The molecule has 3 heteroatoms. The average molecular weight is 221 g/mol. The summed E-state index contributed by atoms with van der Waals surface area (Å²) in [6.45, 7) is 9.19. The van der Waals surface area contributed by atoms with E-state index in [1.807, 2.05) is 30.3 Å². The molecule has 0 saturated heterocycles. The third-order valence-corrected chi connectivity index (χ3v) is 4.66. The molecule has 0 aliphatic rings. The molecule has 0 radical (unpaired) electrons. The molecular weight excluding hydrogens is 202 g/mol. The molecule has 0 aliphatic carbocycles. The Morgan fingerprint density at radius 3 is 2.47 bits per heavy atom. The third kappa shape index (κ3) is 3.79. The summed E-state index contributed by atoms with van der Waals surface area (Å²) in [6, 6.07) is 7.50. The standard InChI is InChI=1S/C12H19NOSi/c1-4-12(15(2)3)9-14-11-7-5-10(13)6-8-11/h4-8,12,15H,1,9,13H2,2-3H3. The summed E-state index contributed by atoms with van der Waals surface area (Å²) in [5.41, 5.74) is 6.89. The first kappa shape index (κ1) is 11.8. The van der Waals surface area contributed by atoms with Crippen LogP contribution >= 0.6 is 0 Å². The van der Waals surface area contributed by atoms with Gasteiger partial charge in [0, 0.05) is 20.0 Å². The molecule has 0 bridgehead atoms. The highest BCUT2D eigenvalue weighted by Gasteiger charge is 2.10. The largest absolute Gasteiger partial charge is 0.493 e. The van der Waals surface area contributed by atoms with Gasteiger partial charge in [-0.25, -0.2) is 0 Å². The fourth-order valence-corrected chi connectivity index (χ4v) is 2.31. The highest BCUT2D eigenvalue weighted by atomic mass is 28.3. The number of rotatable bonds is 5. The number of hydrogen-bond acceptors (Lipinski definition) is 2. The smallest absolute Gasteiger partial charge is 0.119 e. The zero-order valence-corrected chi connectivity index (χ0v) is 10.6. The zero-order valence-electron chi connectivity index (χ0n) is 9.44. The average Bonchev–Trinajstić information content (AvgIpc) is 2.21. The summed E-state index contributed by atoms with van der Waals surface area (Å²) in [4.78, 5) is 0. The molecule has 1 rings (SSSR count). The van der Waals surface area contributed by atoms with Crippen LogP contribution in [0.3, 0.4) is 0 Å². The molecule has 1 aromatic rings. The molecule has 1 unspecified atom stereocenters. The Bertz CT molecular complexity index is 308. The first-order chi connectivity index (χ1) is 7.13. The van der Waals surface area contributed by atoms with Crippen molar-refractivity contribution in [2.24, 2.45) is 0 Å². The number of hydrogen-bond donors (Lipinski definition) is 1. The van der Waals surface area contributed by atoms with Gasteiger partial charge in [-0.05, 0) is 24.3 Å². The normalized spacial score (nSPS) is 12.5. The van der Waals surface area contributed by atoms with Gasteiger partial charge in [-0.2, -0.15) is 0 Å². The van der Waals surface area contributed by atoms with Crippen LogP contribution in [0.5, 0.6) is 5.75 Å². The van der Waals surface area contributed by atoms with Gasteiger partial charge in [-0.3, -0.25) is 0 Å². The molecule has 2 N–H and O–H groups in total. The molecule has 0 spiro atoms. The molecule has 82 valence electrons. The van der Waals surface area contributed by atoms with Crippen molar-refractivity contribution in [3.05, 3.63) is 36.9 Å². The molecule has 15 heavy (non-hydrogen) atoms. The lowest BCUT2D eigenvalue weighted by Gasteiger charge is -2.16. The van der Waals surface area contributed by atoms with E-state index in [0.29, 0.717) is 5.54 Å². The Hall–Kier alpha value is -1.22. The molecule has 0 saturated carbocycles. The van der Waals surface area contributed by atoms with Gasteiger partial charge in [0.1, 0.15) is 5.75 Å². The van der Waals surface area contributed by atoms with E-state index in [-0.39, 0.29) is 0 Å². The Kier molecular flexibility index (Phi) is 4.43. The van der Waals surface area contributed by atoms with E-state index in [2.05, 4.69) is 19.7 Å². The first-order valence-corrected chi connectivity index (χ1v) is 8.22. The van der Waals surface area contributed by atoms with Crippen molar-refractivity contribution in [2.45, 2.75) is 18.6 Å². The maximum atomic E-state index is 5.68. The van der Waals surface area contributed by atoms with Gasteiger partial charge in [-0.1, -0.05) is 19.2 Å². The van der Waals surface area contributed by atoms with Gasteiger partial charge in [0.25, 0.3) is 0 Å². The van der Waals surface area contributed by atoms with Crippen LogP contribution in [0, 0.1) is 0 Å². The summed E-state index contributed by atoms with van der Waals surface area (Å²) in [7, 11) is -0.704. The van der Waals surface area contributed by atoms with E-state index in [9.17, 15) is 0 Å². The minimum atomic E-state index is -0.704. The van der Waals surface area contributed by atoms with Crippen LogP contribution in [-0.2, 0) is 0 Å². The van der Waals surface area contributed by atoms with Crippen molar-refractivity contribution < 1.29 is 4.74 Å². The Balaban J connectivity index is 2.49. The minimum Gasteiger partial charge on any atom is -0.493 e. The van der Waals surface area contributed by atoms with Crippen molar-refractivity contribution in [1.82, 2.24) is 0 Å². The van der Waals surface area contributed by atoms with Crippen LogP contribution in [0.1, 0.15) is 0 Å². The predicted molar refractivity (Wildman–Crippen MR) is 69.2 cm³/mol. The molecule has 1 atom stereocenters. The zero-order chi connectivity index (χ0) is 11.3. The Labute approximate surface area is 93.4 Å². The van der Waals surface area contributed by atoms with Gasteiger partial charge in [-0.15, -0.1) is 6.58 Å². The molecule has 2 nitrogen and oxygen atoms in total. The third-order valence-electron chi connectivity index (χ3n) is 2.48. The van der Waals surface area contributed by atoms with Crippen molar-refractivity contribution in [3.63, 3.8) is 0 Å². The lowest BCUT2D eigenvalue weighted by atomic mass is 10.3. The van der Waals surface area contributed by atoms with E-state index >= 15 is 0 Å². The molecule has 0 amide bonds. The maximum Gasteiger partial charge on any atom is 0.119 e. The Morgan fingerprint density at radius 1 is 1.40 bits per heavy atom. The number of anilines is 1. The van der Waals surface area contributed by atoms with Gasteiger partial charge in [0.2, 0.25) is 0 Å². The fourth-order valence-electron chi connectivity index (χ4n) is 1.29. The van der Waals surface area contributed by atoms with Crippen molar-refractivity contribution in [1.29, 1.82) is 0 Å². The second-order valence-electron chi connectivity index (χ2n) is 4.02. The molecule has 1 aromatic carbocycles. The summed E-state index contributed by atoms with van der Waals surface area (Å²) < 4.78 is 5.68. The Morgan fingerprint density at radius 2 is 2.00 bits per heavy atom. The summed E-state index contributed by atoms with van der Waals surface area (Å²) in [6.07, 6.45) is 2.01. The van der Waals surface area contributed by atoms with Crippen LogP contribution in [-0.4, -0.2) is 15.4 Å². The van der Waals surface area contributed by atoms with Gasteiger partial charge < -0.3 is 10.5 Å². The minimum absolute atomic E-state index is 0.530. The van der Waals surface area contributed by atoms with Crippen LogP contribution < -0.4 is 10.5 Å². The molecule has 0 heterocycles. The van der Waals surface area contributed by atoms with Gasteiger partial charge in [0.05, 0.1) is 6.61 Å². The van der Waals surface area contributed by atoms with Gasteiger partial charge >= 0.3 is 0 Å². The van der Waals surface area contributed by atoms with E-state index in [4.69, 9.17) is 10.5 Å². The van der Waals surface area contributed by atoms with Crippen LogP contribution in [0.15, 0.2) is 36.9 Å². The highest BCUT2D eigenvalue weighted by Crippen LogP contribution is 2.17. The lowest BCUT2D eigenvalue weighted by Crippen LogP contribution is -2.17. The van der Waals surface area contributed by atoms with Crippen LogP contribution in [0.4, 0.5) is 5.69 Å². The number of ether oxygens (including phenoxy) is 1. The number of benzene rings is 1. The van der Waals surface area contributed by atoms with E-state index in [0.717, 1.165) is 18.0 Å². The topological polar surface area (TPSA) is 35.2 Å². The molecular formula is C12H19NOSi. The highest BCUT2D eigenvalue weighted by molar-refractivity contribution is 6.58. The van der Waals surface area contributed by atoms with Gasteiger partial charge in [0.15, 0.2) is 0 Å². The first-order valence-electron chi connectivity index (χ1n) is 5.24. The number of nitrogen functional groups attached to an aromatic ring is 1. The quantitative estimate of drug-likeness (QED) is 0.471. The van der Waals surface area contributed by atoms with Crippen LogP contribution in [0.2, 0.25) is 18.6 Å². The SMILES string of the molecule is C=CC(COc1ccc(N)cc1)[SiH](C)C. The lowest BCUT2D eigenvalue weighted by molar-refractivity contribution is 0.323. The summed E-state index contributed by atoms with van der Waals surface area (Å²) in [5.74, 6) is 0.880. The molecule has 0 fully saturated rings. The van der Waals surface area contributed by atoms with E-state index in [1.54, 1.807) is 0 Å².